The van der Waals surface area contributed by atoms with Crippen LogP contribution in [0.15, 0.2) is 24.3 Å². The van der Waals surface area contributed by atoms with Gasteiger partial charge in [0, 0.05) is 24.3 Å². The van der Waals surface area contributed by atoms with E-state index in [4.69, 9.17) is 0 Å². The average Bonchev–Trinajstić information content (AvgIpc) is 2.34. The molecule has 0 aliphatic rings. The van der Waals surface area contributed by atoms with Crippen molar-refractivity contribution in [3.05, 3.63) is 30.1 Å². The third kappa shape index (κ3) is 4.22. The van der Waals surface area contributed by atoms with Gasteiger partial charge in [-0.1, -0.05) is 6.07 Å². The first-order chi connectivity index (χ1) is 9.36. The van der Waals surface area contributed by atoms with Crippen LogP contribution in [0.25, 0.3) is 0 Å². The predicted octanol–water partition coefficient (Wildman–Crippen LogP) is 3.30. The highest BCUT2D eigenvalue weighted by Gasteiger charge is 2.22. The smallest absolute Gasteiger partial charge is 0.242 e. The van der Waals surface area contributed by atoms with Gasteiger partial charge in [-0.3, -0.25) is 4.79 Å². The van der Waals surface area contributed by atoms with Crippen molar-refractivity contribution < 1.29 is 9.18 Å². The number of anilines is 1. The van der Waals surface area contributed by atoms with Crippen molar-refractivity contribution in [1.82, 2.24) is 4.90 Å². The zero-order chi connectivity index (χ0) is 15.3. The fourth-order valence-corrected chi connectivity index (χ4v) is 2.48. The van der Waals surface area contributed by atoms with Gasteiger partial charge in [0.15, 0.2) is 0 Å². The van der Waals surface area contributed by atoms with Crippen LogP contribution in [0, 0.1) is 5.82 Å². The Morgan fingerprint density at radius 1 is 1.20 bits per heavy atom. The lowest BCUT2D eigenvalue weighted by molar-refractivity contribution is -0.133. The quantitative estimate of drug-likeness (QED) is 0.798. The second kappa shape index (κ2) is 7.27. The van der Waals surface area contributed by atoms with Gasteiger partial charge < -0.3 is 9.80 Å². The number of rotatable bonds is 6. The number of hydrogen-bond acceptors (Lipinski definition) is 2. The minimum absolute atomic E-state index is 0.0705. The number of nitrogens with zero attached hydrogens (tertiary/aromatic N) is 2. The van der Waals surface area contributed by atoms with E-state index in [0.717, 1.165) is 5.69 Å². The molecule has 0 saturated heterocycles. The zero-order valence-corrected chi connectivity index (χ0v) is 13.1. The zero-order valence-electron chi connectivity index (χ0n) is 13.1. The molecule has 0 aliphatic carbocycles. The minimum atomic E-state index is -0.280. The molecule has 112 valence electrons. The standard InChI is InChI=1S/C16H25FN2O/c1-6-18(15-9-7-8-14(17)10-15)11-16(20)19(12(2)3)13(4)5/h7-10,12-13H,6,11H2,1-5H3. The number of carbonyl (C=O) groups is 1. The molecular formula is C16H25FN2O. The van der Waals surface area contributed by atoms with E-state index in [0.29, 0.717) is 6.54 Å². The molecule has 0 aliphatic heterocycles. The number of amides is 1. The van der Waals surface area contributed by atoms with Gasteiger partial charge in [0.05, 0.1) is 6.54 Å². The first-order valence-corrected chi connectivity index (χ1v) is 7.18. The molecule has 0 atom stereocenters. The van der Waals surface area contributed by atoms with E-state index in [1.54, 1.807) is 6.07 Å². The first-order valence-electron chi connectivity index (χ1n) is 7.18. The second-order valence-corrected chi connectivity index (χ2v) is 5.48. The van der Waals surface area contributed by atoms with E-state index < -0.39 is 0 Å². The first kappa shape index (κ1) is 16.5. The number of benzene rings is 1. The number of hydrogen-bond donors (Lipinski definition) is 0. The molecule has 0 saturated carbocycles. The Balaban J connectivity index is 2.85. The van der Waals surface area contributed by atoms with E-state index in [1.165, 1.54) is 12.1 Å². The summed E-state index contributed by atoms with van der Waals surface area (Å²) in [6, 6.07) is 6.69. The van der Waals surface area contributed by atoms with Crippen LogP contribution in [0.3, 0.4) is 0 Å². The Labute approximate surface area is 121 Å². The molecule has 0 radical (unpaired) electrons. The molecule has 1 aromatic carbocycles. The molecule has 4 heteroatoms. The Bertz CT molecular complexity index is 438. The summed E-state index contributed by atoms with van der Waals surface area (Å²) in [5, 5.41) is 0. The van der Waals surface area contributed by atoms with Gasteiger partial charge in [-0.2, -0.15) is 0 Å². The van der Waals surface area contributed by atoms with Crippen molar-refractivity contribution in [2.24, 2.45) is 0 Å². The van der Waals surface area contributed by atoms with Gasteiger partial charge in [0.25, 0.3) is 0 Å². The monoisotopic (exact) mass is 280 g/mol. The van der Waals surface area contributed by atoms with Gasteiger partial charge in [0.1, 0.15) is 5.82 Å². The topological polar surface area (TPSA) is 23.6 Å². The van der Waals surface area contributed by atoms with Crippen LogP contribution < -0.4 is 4.90 Å². The van der Waals surface area contributed by atoms with Crippen molar-refractivity contribution in [3.63, 3.8) is 0 Å². The van der Waals surface area contributed by atoms with Gasteiger partial charge in [-0.05, 0) is 52.8 Å². The highest BCUT2D eigenvalue weighted by molar-refractivity contribution is 5.82. The molecule has 1 amide bonds. The Morgan fingerprint density at radius 3 is 2.25 bits per heavy atom. The number of halogens is 1. The molecule has 20 heavy (non-hydrogen) atoms. The number of carbonyl (C=O) groups excluding carboxylic acids is 1. The van der Waals surface area contributed by atoms with Crippen molar-refractivity contribution in [3.8, 4) is 0 Å². The third-order valence-electron chi connectivity index (χ3n) is 3.28. The van der Waals surface area contributed by atoms with Crippen LogP contribution in [0.4, 0.5) is 10.1 Å². The SMILES string of the molecule is CCN(CC(=O)N(C(C)C)C(C)C)c1cccc(F)c1. The molecule has 0 unspecified atom stereocenters. The summed E-state index contributed by atoms with van der Waals surface area (Å²) < 4.78 is 13.3. The number of likely N-dealkylation sites (N-methyl/N-ethyl adjacent to an activating group) is 1. The van der Waals surface area contributed by atoms with Gasteiger partial charge in [-0.15, -0.1) is 0 Å². The van der Waals surface area contributed by atoms with Crippen LogP contribution >= 0.6 is 0 Å². The van der Waals surface area contributed by atoms with Gasteiger partial charge in [0.2, 0.25) is 5.91 Å². The highest BCUT2D eigenvalue weighted by atomic mass is 19.1. The molecule has 0 N–H and O–H groups in total. The molecule has 0 bridgehead atoms. The lowest BCUT2D eigenvalue weighted by atomic mass is 10.2. The average molecular weight is 280 g/mol. The highest BCUT2D eigenvalue weighted by Crippen LogP contribution is 2.16. The minimum Gasteiger partial charge on any atom is -0.362 e. The largest absolute Gasteiger partial charge is 0.362 e. The Hall–Kier alpha value is -1.58. The van der Waals surface area contributed by atoms with E-state index in [9.17, 15) is 9.18 Å². The fourth-order valence-electron chi connectivity index (χ4n) is 2.48. The third-order valence-corrected chi connectivity index (χ3v) is 3.28. The van der Waals surface area contributed by atoms with Crippen molar-refractivity contribution >= 4 is 11.6 Å². The van der Waals surface area contributed by atoms with Crippen LogP contribution in [0.2, 0.25) is 0 Å². The van der Waals surface area contributed by atoms with Crippen LogP contribution in [0.1, 0.15) is 34.6 Å². The summed E-state index contributed by atoms with van der Waals surface area (Å²) in [5.74, 6) is -0.209. The lowest BCUT2D eigenvalue weighted by Crippen LogP contribution is -2.47. The second-order valence-electron chi connectivity index (χ2n) is 5.48. The van der Waals surface area contributed by atoms with Crippen LogP contribution in [-0.4, -0.2) is 36.0 Å². The summed E-state index contributed by atoms with van der Waals surface area (Å²) in [7, 11) is 0. The normalized spacial score (nSPS) is 11.0. The molecule has 0 heterocycles. The maximum absolute atomic E-state index is 13.3. The van der Waals surface area contributed by atoms with Crippen LogP contribution in [0.5, 0.6) is 0 Å². The van der Waals surface area contributed by atoms with Crippen molar-refractivity contribution in [2.45, 2.75) is 46.7 Å². The molecular weight excluding hydrogens is 255 g/mol. The molecule has 0 aromatic heterocycles. The van der Waals surface area contributed by atoms with Gasteiger partial charge >= 0.3 is 0 Å². The van der Waals surface area contributed by atoms with E-state index in [-0.39, 0.29) is 30.4 Å². The fraction of sp³-hybridized carbons (Fsp3) is 0.562. The summed E-state index contributed by atoms with van der Waals surface area (Å²) in [4.78, 5) is 16.2. The predicted molar refractivity (Wildman–Crippen MR) is 81.4 cm³/mol. The molecule has 1 aromatic rings. The molecule has 3 nitrogen and oxygen atoms in total. The molecule has 0 fully saturated rings. The molecule has 1 rings (SSSR count). The maximum Gasteiger partial charge on any atom is 0.242 e. The Kier molecular flexibility index (Phi) is 5.99. The summed E-state index contributed by atoms with van der Waals surface area (Å²) in [5.41, 5.74) is 0.744. The van der Waals surface area contributed by atoms with E-state index in [2.05, 4.69) is 0 Å². The van der Waals surface area contributed by atoms with E-state index in [1.807, 2.05) is 50.5 Å². The summed E-state index contributed by atoms with van der Waals surface area (Å²) in [6.45, 7) is 10.9. The summed E-state index contributed by atoms with van der Waals surface area (Å²) in [6.07, 6.45) is 0. The van der Waals surface area contributed by atoms with E-state index >= 15 is 0 Å². The maximum atomic E-state index is 13.3. The van der Waals surface area contributed by atoms with Gasteiger partial charge in [-0.25, -0.2) is 4.39 Å². The van der Waals surface area contributed by atoms with Crippen molar-refractivity contribution in [1.29, 1.82) is 0 Å². The Morgan fingerprint density at radius 2 is 1.80 bits per heavy atom. The molecule has 0 spiro atoms. The summed E-state index contributed by atoms with van der Waals surface area (Å²) >= 11 is 0. The van der Waals surface area contributed by atoms with Crippen LogP contribution in [-0.2, 0) is 4.79 Å². The van der Waals surface area contributed by atoms with Crippen molar-refractivity contribution in [2.75, 3.05) is 18.0 Å². The lowest BCUT2D eigenvalue weighted by Gasteiger charge is -2.33.